The van der Waals surface area contributed by atoms with E-state index in [9.17, 15) is 0 Å². The van der Waals surface area contributed by atoms with Crippen LogP contribution in [0.5, 0.6) is 0 Å². The van der Waals surface area contributed by atoms with Gasteiger partial charge in [-0.25, -0.2) is 4.98 Å². The van der Waals surface area contributed by atoms with E-state index in [1.807, 2.05) is 6.20 Å². The molecule has 0 N–H and O–H groups in total. The molecule has 0 bridgehead atoms. The molecule has 6 nitrogen and oxygen atoms in total. The van der Waals surface area contributed by atoms with Crippen LogP contribution >= 0.6 is 0 Å². The first kappa shape index (κ1) is 20.0. The van der Waals surface area contributed by atoms with Gasteiger partial charge in [0.15, 0.2) is 0 Å². The van der Waals surface area contributed by atoms with Crippen LogP contribution in [0.4, 0.5) is 5.82 Å². The number of aromatic nitrogens is 3. The van der Waals surface area contributed by atoms with Crippen LogP contribution in [0.15, 0.2) is 42.7 Å². The number of piperidine rings is 1. The second-order valence-corrected chi connectivity index (χ2v) is 10.5. The van der Waals surface area contributed by atoms with Gasteiger partial charge in [-0.05, 0) is 81.3 Å². The second-order valence-electron chi connectivity index (χ2n) is 10.5. The summed E-state index contributed by atoms with van der Waals surface area (Å²) >= 11 is 0. The number of nitrogens with zero attached hydrogens (tertiary/aromatic N) is 6. The standard InChI is InChI=1S/C27H34N6/c1-8-24-29-22(18-33(24)25(9-1)31-16-15-30-13-4-7-23(30)19-31)17-32-14-3-6-21-11-10-20-5-2-12-28-26(20)27(21)32/h1-2,5,8-9,12,18,21,23,27H,3-4,6-7,10-11,13-17,19H2/t21-,23?,27-/m0/s1. The van der Waals surface area contributed by atoms with E-state index >= 15 is 0 Å². The molecule has 3 atom stereocenters. The molecule has 0 spiro atoms. The first-order valence-corrected chi connectivity index (χ1v) is 13.0. The van der Waals surface area contributed by atoms with Crippen LogP contribution < -0.4 is 4.90 Å². The summed E-state index contributed by atoms with van der Waals surface area (Å²) in [5.74, 6) is 2.04. The van der Waals surface area contributed by atoms with Crippen LogP contribution in [-0.4, -0.2) is 62.9 Å². The summed E-state index contributed by atoms with van der Waals surface area (Å²) < 4.78 is 2.34. The molecule has 3 saturated heterocycles. The number of hydrogen-bond donors (Lipinski definition) is 0. The summed E-state index contributed by atoms with van der Waals surface area (Å²) in [6.45, 7) is 6.78. The van der Waals surface area contributed by atoms with Gasteiger partial charge >= 0.3 is 0 Å². The van der Waals surface area contributed by atoms with Crippen molar-refractivity contribution in [2.75, 3.05) is 37.6 Å². The Balaban J connectivity index is 1.17. The van der Waals surface area contributed by atoms with Crippen molar-refractivity contribution in [2.24, 2.45) is 5.92 Å². The summed E-state index contributed by atoms with van der Waals surface area (Å²) in [5.41, 5.74) is 5.04. The van der Waals surface area contributed by atoms with Gasteiger partial charge in [-0.15, -0.1) is 0 Å². The summed E-state index contributed by atoms with van der Waals surface area (Å²) in [6, 6.07) is 12.2. The van der Waals surface area contributed by atoms with Crippen molar-refractivity contribution in [1.29, 1.82) is 0 Å². The molecule has 1 unspecified atom stereocenters. The van der Waals surface area contributed by atoms with Crippen LogP contribution in [-0.2, 0) is 13.0 Å². The van der Waals surface area contributed by atoms with E-state index in [1.54, 1.807) is 0 Å². The number of imidazole rings is 1. The van der Waals surface area contributed by atoms with Crippen LogP contribution in [0.3, 0.4) is 0 Å². The van der Waals surface area contributed by atoms with E-state index in [4.69, 9.17) is 9.97 Å². The molecule has 3 fully saturated rings. The SMILES string of the molecule is c1cnc2c(c1)CC[C@@H]1CCCN(Cc3cn4c(N5CCN6CCCC6C5)cccc4n3)[C@H]21. The molecular weight excluding hydrogens is 408 g/mol. The van der Waals surface area contributed by atoms with Gasteiger partial charge in [0.1, 0.15) is 11.5 Å². The molecule has 7 rings (SSSR count). The van der Waals surface area contributed by atoms with Crippen LogP contribution in [0.1, 0.15) is 55.1 Å². The fraction of sp³-hybridized carbons (Fsp3) is 0.556. The van der Waals surface area contributed by atoms with E-state index in [0.717, 1.165) is 43.8 Å². The van der Waals surface area contributed by atoms with Gasteiger partial charge in [0.25, 0.3) is 0 Å². The lowest BCUT2D eigenvalue weighted by Crippen LogP contribution is -2.50. The summed E-state index contributed by atoms with van der Waals surface area (Å²) in [4.78, 5) is 17.9. The van der Waals surface area contributed by atoms with Gasteiger partial charge < -0.3 is 4.90 Å². The maximum absolute atomic E-state index is 5.09. The second kappa shape index (κ2) is 8.10. The van der Waals surface area contributed by atoms with Gasteiger partial charge in [-0.1, -0.05) is 12.1 Å². The third kappa shape index (κ3) is 3.46. The van der Waals surface area contributed by atoms with E-state index in [-0.39, 0.29) is 0 Å². The highest BCUT2D eigenvalue weighted by Crippen LogP contribution is 2.43. The van der Waals surface area contributed by atoms with E-state index in [1.165, 1.54) is 74.4 Å². The number of aryl methyl sites for hydroxylation is 1. The third-order valence-corrected chi connectivity index (χ3v) is 8.65. The average molecular weight is 443 g/mol. The molecule has 3 aromatic heterocycles. The van der Waals surface area contributed by atoms with Gasteiger partial charge in [-0.3, -0.25) is 19.2 Å². The Morgan fingerprint density at radius 3 is 2.91 bits per heavy atom. The first-order chi connectivity index (χ1) is 16.3. The molecular formula is C27H34N6. The van der Waals surface area contributed by atoms with Gasteiger partial charge in [-0.2, -0.15) is 0 Å². The smallest absolute Gasteiger partial charge is 0.138 e. The molecule has 0 amide bonds. The highest BCUT2D eigenvalue weighted by atomic mass is 15.3. The quantitative estimate of drug-likeness (QED) is 0.615. The Morgan fingerprint density at radius 2 is 1.91 bits per heavy atom. The lowest BCUT2D eigenvalue weighted by molar-refractivity contribution is 0.0687. The molecule has 3 aliphatic heterocycles. The topological polar surface area (TPSA) is 39.9 Å². The fourth-order valence-electron chi connectivity index (χ4n) is 7.08. The molecule has 6 heteroatoms. The molecule has 3 aromatic rings. The van der Waals surface area contributed by atoms with Crippen molar-refractivity contribution >= 4 is 11.5 Å². The minimum Gasteiger partial charge on any atom is -0.355 e. The van der Waals surface area contributed by atoms with Crippen LogP contribution in [0.25, 0.3) is 5.65 Å². The zero-order valence-corrected chi connectivity index (χ0v) is 19.4. The van der Waals surface area contributed by atoms with Gasteiger partial charge in [0.05, 0.1) is 17.4 Å². The molecule has 4 aliphatic rings. The number of piperazine rings is 1. The van der Waals surface area contributed by atoms with Crippen molar-refractivity contribution in [3.05, 3.63) is 59.7 Å². The number of hydrogen-bond acceptors (Lipinski definition) is 5. The zero-order chi connectivity index (χ0) is 21.8. The van der Waals surface area contributed by atoms with Gasteiger partial charge in [0, 0.05) is 44.6 Å². The summed E-state index contributed by atoms with van der Waals surface area (Å²) in [5, 5.41) is 0. The minimum atomic E-state index is 0.448. The number of anilines is 1. The summed E-state index contributed by atoms with van der Waals surface area (Å²) in [7, 11) is 0. The van der Waals surface area contributed by atoms with Crippen molar-refractivity contribution in [1.82, 2.24) is 24.2 Å². The molecule has 6 heterocycles. The highest BCUT2D eigenvalue weighted by Gasteiger charge is 2.38. The zero-order valence-electron chi connectivity index (χ0n) is 19.4. The average Bonchev–Trinajstić information content (AvgIpc) is 3.49. The first-order valence-electron chi connectivity index (χ1n) is 13.0. The van der Waals surface area contributed by atoms with Crippen LogP contribution in [0, 0.1) is 5.92 Å². The monoisotopic (exact) mass is 442 g/mol. The lowest BCUT2D eigenvalue weighted by Gasteiger charge is -2.44. The predicted octanol–water partition coefficient (Wildman–Crippen LogP) is 3.91. The molecule has 0 aromatic carbocycles. The Hall–Kier alpha value is -2.44. The van der Waals surface area contributed by atoms with E-state index in [0.29, 0.717) is 6.04 Å². The number of pyridine rings is 2. The fourth-order valence-corrected chi connectivity index (χ4v) is 7.08. The Labute approximate surface area is 196 Å². The third-order valence-electron chi connectivity index (χ3n) is 8.65. The molecule has 33 heavy (non-hydrogen) atoms. The highest BCUT2D eigenvalue weighted by molar-refractivity contribution is 5.53. The largest absolute Gasteiger partial charge is 0.355 e. The predicted molar refractivity (Wildman–Crippen MR) is 130 cm³/mol. The molecule has 1 aliphatic carbocycles. The number of fused-ring (bicyclic) bond motifs is 5. The molecule has 0 radical (unpaired) electrons. The molecule has 0 saturated carbocycles. The van der Waals surface area contributed by atoms with Crippen LogP contribution in [0.2, 0.25) is 0 Å². The maximum atomic E-state index is 5.09. The normalized spacial score (nSPS) is 28.0. The Morgan fingerprint density at radius 1 is 0.939 bits per heavy atom. The van der Waals surface area contributed by atoms with Crippen molar-refractivity contribution in [3.8, 4) is 0 Å². The molecule has 172 valence electrons. The minimum absolute atomic E-state index is 0.448. The van der Waals surface area contributed by atoms with Crippen molar-refractivity contribution in [3.63, 3.8) is 0 Å². The maximum Gasteiger partial charge on any atom is 0.138 e. The summed E-state index contributed by atoms with van der Waals surface area (Å²) in [6.07, 6.45) is 12.1. The van der Waals surface area contributed by atoms with E-state index < -0.39 is 0 Å². The van der Waals surface area contributed by atoms with E-state index in [2.05, 4.69) is 55.6 Å². The van der Waals surface area contributed by atoms with Gasteiger partial charge in [0.2, 0.25) is 0 Å². The number of likely N-dealkylation sites (tertiary alicyclic amines) is 1. The van der Waals surface area contributed by atoms with Crippen molar-refractivity contribution < 1.29 is 0 Å². The lowest BCUT2D eigenvalue weighted by atomic mass is 9.77. The van der Waals surface area contributed by atoms with Crippen molar-refractivity contribution in [2.45, 2.75) is 57.2 Å². The number of rotatable bonds is 3. The Kier molecular flexibility index (Phi) is 4.90. The Bertz CT molecular complexity index is 1150.